The molecule has 2 atom stereocenters. The van der Waals surface area contributed by atoms with Gasteiger partial charge in [-0.15, -0.1) is 3.89 Å². The summed E-state index contributed by atoms with van der Waals surface area (Å²) in [5, 5.41) is 9.31. The molecule has 1 aromatic carbocycles. The van der Waals surface area contributed by atoms with E-state index in [0.717, 1.165) is 4.90 Å². The summed E-state index contributed by atoms with van der Waals surface area (Å²) in [5.74, 6) is -4.14. The molecule has 1 N–H and O–H groups in total. The fourth-order valence-corrected chi connectivity index (χ4v) is 3.49. The third-order valence-electron chi connectivity index (χ3n) is 3.71. The van der Waals surface area contributed by atoms with E-state index >= 15 is 0 Å². The highest BCUT2D eigenvalue weighted by Crippen LogP contribution is 2.24. The first-order valence-corrected chi connectivity index (χ1v) is 8.40. The van der Waals surface area contributed by atoms with Crippen molar-refractivity contribution in [1.82, 2.24) is 4.90 Å². The van der Waals surface area contributed by atoms with Gasteiger partial charge in [-0.1, -0.05) is 18.2 Å². The topological polar surface area (TPSA) is 91.8 Å². The van der Waals surface area contributed by atoms with E-state index in [2.05, 4.69) is 0 Å². The van der Waals surface area contributed by atoms with Crippen LogP contribution in [0.25, 0.3) is 0 Å². The SMILES string of the molecule is O=C(O)[C@@H](Cc1ccccc1F)N1CC(CS(=O)(=O)F)CC1=O. The lowest BCUT2D eigenvalue weighted by atomic mass is 10.0. The number of hydrogen-bond donors (Lipinski definition) is 1. The minimum Gasteiger partial charge on any atom is -0.480 e. The summed E-state index contributed by atoms with van der Waals surface area (Å²) >= 11 is 0. The van der Waals surface area contributed by atoms with Gasteiger partial charge in [0.25, 0.3) is 0 Å². The Morgan fingerprint density at radius 2 is 2.04 bits per heavy atom. The first kappa shape index (κ1) is 17.3. The minimum atomic E-state index is -4.75. The van der Waals surface area contributed by atoms with Crippen LogP contribution in [0.15, 0.2) is 24.3 Å². The van der Waals surface area contributed by atoms with Crippen LogP contribution in [-0.4, -0.2) is 48.6 Å². The number of halogens is 2. The summed E-state index contributed by atoms with van der Waals surface area (Å²) < 4.78 is 47.8. The normalized spacial score (nSPS) is 19.8. The van der Waals surface area contributed by atoms with Gasteiger partial charge in [-0.25, -0.2) is 9.18 Å². The van der Waals surface area contributed by atoms with Crippen molar-refractivity contribution in [3.8, 4) is 0 Å². The van der Waals surface area contributed by atoms with E-state index in [1.54, 1.807) is 6.07 Å². The Labute approximate surface area is 131 Å². The maximum absolute atomic E-state index is 13.7. The van der Waals surface area contributed by atoms with Gasteiger partial charge in [0.05, 0.1) is 5.75 Å². The van der Waals surface area contributed by atoms with Crippen LogP contribution >= 0.6 is 0 Å². The standard InChI is InChI=1S/C14H15F2NO5S/c15-11-4-2-1-3-10(11)6-12(14(19)20)17-7-9(5-13(17)18)8-23(16,21)22/h1-4,9,12H,5-8H2,(H,19,20)/t9?,12-/m1/s1. The summed E-state index contributed by atoms with van der Waals surface area (Å²) in [4.78, 5) is 24.4. The Kier molecular flexibility index (Phi) is 4.98. The monoisotopic (exact) mass is 347 g/mol. The number of amides is 1. The number of likely N-dealkylation sites (tertiary alicyclic amines) is 1. The molecule has 1 heterocycles. The number of nitrogens with zero attached hydrogens (tertiary/aromatic N) is 1. The van der Waals surface area contributed by atoms with E-state index in [1.807, 2.05) is 0 Å². The van der Waals surface area contributed by atoms with Crippen molar-refractivity contribution < 1.29 is 31.4 Å². The van der Waals surface area contributed by atoms with Crippen LogP contribution < -0.4 is 0 Å². The van der Waals surface area contributed by atoms with Gasteiger partial charge in [0, 0.05) is 25.3 Å². The highest BCUT2D eigenvalue weighted by atomic mass is 32.3. The van der Waals surface area contributed by atoms with Crippen LogP contribution in [0.3, 0.4) is 0 Å². The molecule has 9 heteroatoms. The summed E-state index contributed by atoms with van der Waals surface area (Å²) in [6.07, 6.45) is -0.493. The molecular formula is C14H15F2NO5S. The molecule has 1 saturated heterocycles. The zero-order chi connectivity index (χ0) is 17.2. The quantitative estimate of drug-likeness (QED) is 0.774. The van der Waals surface area contributed by atoms with Crippen molar-refractivity contribution in [3.63, 3.8) is 0 Å². The van der Waals surface area contributed by atoms with Crippen molar-refractivity contribution in [2.24, 2.45) is 5.92 Å². The second kappa shape index (κ2) is 6.61. The van der Waals surface area contributed by atoms with E-state index in [9.17, 15) is 31.4 Å². The minimum absolute atomic E-state index is 0.134. The third kappa shape index (κ3) is 4.47. The van der Waals surface area contributed by atoms with Gasteiger partial charge in [0.1, 0.15) is 11.9 Å². The number of benzene rings is 1. The zero-order valence-electron chi connectivity index (χ0n) is 12.0. The van der Waals surface area contributed by atoms with Gasteiger partial charge in [0.15, 0.2) is 0 Å². The van der Waals surface area contributed by atoms with Crippen molar-refractivity contribution in [1.29, 1.82) is 0 Å². The number of hydrogen-bond acceptors (Lipinski definition) is 4. The van der Waals surface area contributed by atoms with Crippen LogP contribution in [0.4, 0.5) is 8.28 Å². The lowest BCUT2D eigenvalue weighted by molar-refractivity contribution is -0.148. The molecule has 0 radical (unpaired) electrons. The van der Waals surface area contributed by atoms with E-state index < -0.39 is 45.6 Å². The molecule has 0 spiro atoms. The highest BCUT2D eigenvalue weighted by molar-refractivity contribution is 7.86. The fourth-order valence-electron chi connectivity index (χ4n) is 2.71. The Morgan fingerprint density at radius 1 is 1.39 bits per heavy atom. The zero-order valence-corrected chi connectivity index (χ0v) is 12.8. The molecule has 0 saturated carbocycles. The van der Waals surface area contributed by atoms with Gasteiger partial charge in [0.2, 0.25) is 5.91 Å². The number of rotatable bonds is 6. The molecule has 0 bridgehead atoms. The lowest BCUT2D eigenvalue weighted by Gasteiger charge is -2.25. The first-order chi connectivity index (χ1) is 10.7. The molecule has 1 aliphatic heterocycles. The van der Waals surface area contributed by atoms with Gasteiger partial charge in [-0.3, -0.25) is 4.79 Å². The maximum atomic E-state index is 13.7. The summed E-state index contributed by atoms with van der Waals surface area (Å²) in [7, 11) is -4.75. The molecule has 0 aliphatic carbocycles. The van der Waals surface area contributed by atoms with Crippen LogP contribution in [-0.2, 0) is 26.2 Å². The smallest absolute Gasteiger partial charge is 0.326 e. The predicted molar refractivity (Wildman–Crippen MR) is 76.2 cm³/mol. The highest BCUT2D eigenvalue weighted by Gasteiger charge is 2.39. The van der Waals surface area contributed by atoms with E-state index in [4.69, 9.17) is 0 Å². The average molecular weight is 347 g/mol. The number of carboxylic acids is 1. The maximum Gasteiger partial charge on any atom is 0.326 e. The molecule has 126 valence electrons. The number of carbonyl (C=O) groups is 2. The number of carbonyl (C=O) groups excluding carboxylic acids is 1. The van der Waals surface area contributed by atoms with Crippen LogP contribution in [0.1, 0.15) is 12.0 Å². The van der Waals surface area contributed by atoms with Gasteiger partial charge in [-0.05, 0) is 11.6 Å². The molecule has 1 fully saturated rings. The third-order valence-corrected chi connectivity index (χ3v) is 4.58. The van der Waals surface area contributed by atoms with Crippen LogP contribution in [0, 0.1) is 11.7 Å². The van der Waals surface area contributed by atoms with E-state index in [0.29, 0.717) is 0 Å². The summed E-state index contributed by atoms with van der Waals surface area (Å²) in [6.45, 7) is -0.187. The first-order valence-electron chi connectivity index (χ1n) is 6.85. The van der Waals surface area contributed by atoms with Crippen molar-refractivity contribution in [2.45, 2.75) is 18.9 Å². The molecular weight excluding hydrogens is 332 g/mol. The van der Waals surface area contributed by atoms with Gasteiger partial charge >= 0.3 is 16.2 Å². The second-order valence-electron chi connectivity index (χ2n) is 5.47. The Hall–Kier alpha value is -2.03. The predicted octanol–water partition coefficient (Wildman–Crippen LogP) is 0.969. The molecule has 1 unspecified atom stereocenters. The molecule has 0 aromatic heterocycles. The van der Waals surface area contributed by atoms with Crippen LogP contribution in [0.5, 0.6) is 0 Å². The summed E-state index contributed by atoms with van der Waals surface area (Å²) in [6, 6.07) is 4.26. The lowest BCUT2D eigenvalue weighted by Crippen LogP contribution is -2.44. The molecule has 23 heavy (non-hydrogen) atoms. The molecule has 1 amide bonds. The molecule has 2 rings (SSSR count). The fraction of sp³-hybridized carbons (Fsp3) is 0.429. The van der Waals surface area contributed by atoms with E-state index in [1.165, 1.54) is 18.2 Å². The van der Waals surface area contributed by atoms with Crippen molar-refractivity contribution >= 4 is 22.1 Å². The molecule has 6 nitrogen and oxygen atoms in total. The summed E-state index contributed by atoms with van der Waals surface area (Å²) in [5.41, 5.74) is 0.134. The largest absolute Gasteiger partial charge is 0.480 e. The Morgan fingerprint density at radius 3 is 2.61 bits per heavy atom. The van der Waals surface area contributed by atoms with Gasteiger partial charge in [-0.2, -0.15) is 8.42 Å². The van der Waals surface area contributed by atoms with Crippen molar-refractivity contribution in [3.05, 3.63) is 35.6 Å². The molecule has 1 aliphatic rings. The number of aliphatic carboxylic acids is 1. The van der Waals surface area contributed by atoms with Gasteiger partial charge < -0.3 is 10.0 Å². The second-order valence-corrected chi connectivity index (χ2v) is 6.88. The average Bonchev–Trinajstić information content (AvgIpc) is 2.75. The molecule has 1 aromatic rings. The number of carboxylic acid groups (broad SMARTS) is 1. The Bertz CT molecular complexity index is 722. The van der Waals surface area contributed by atoms with Crippen LogP contribution in [0.2, 0.25) is 0 Å². The van der Waals surface area contributed by atoms with E-state index in [-0.39, 0.29) is 24.9 Å². The van der Waals surface area contributed by atoms with Crippen molar-refractivity contribution in [2.75, 3.05) is 12.3 Å². The Balaban J connectivity index is 2.17.